The van der Waals surface area contributed by atoms with Gasteiger partial charge in [-0.15, -0.1) is 0 Å². The van der Waals surface area contributed by atoms with E-state index in [9.17, 15) is 4.79 Å². The first-order chi connectivity index (χ1) is 9.75. The summed E-state index contributed by atoms with van der Waals surface area (Å²) in [6.07, 6.45) is 0. The molecule has 1 heterocycles. The van der Waals surface area contributed by atoms with Gasteiger partial charge in [0.25, 0.3) is 0 Å². The van der Waals surface area contributed by atoms with Gasteiger partial charge in [0.15, 0.2) is 0 Å². The van der Waals surface area contributed by atoms with E-state index < -0.39 is 0 Å². The van der Waals surface area contributed by atoms with E-state index in [0.29, 0.717) is 0 Å². The minimum absolute atomic E-state index is 0.0881. The molecule has 3 rings (SSSR count). The summed E-state index contributed by atoms with van der Waals surface area (Å²) in [7, 11) is 0. The van der Waals surface area contributed by atoms with Gasteiger partial charge in [0.2, 0.25) is 0 Å². The second-order valence-corrected chi connectivity index (χ2v) is 7.72. The van der Waals surface area contributed by atoms with Crippen molar-refractivity contribution in [2.45, 2.75) is 0 Å². The molecule has 3 aromatic rings. The standard InChI is InChI=1S/C17H11IOSe/c18-14-11-15(16(19)12-7-3-1-4-8-12)20-17(14)13-9-5-2-6-10-13/h1-11H. The normalized spacial score (nSPS) is 10.4. The summed E-state index contributed by atoms with van der Waals surface area (Å²) in [6, 6.07) is 21.9. The second-order valence-electron chi connectivity index (χ2n) is 4.35. The van der Waals surface area contributed by atoms with Crippen LogP contribution in [0.3, 0.4) is 0 Å². The molecule has 0 atom stereocenters. The predicted octanol–water partition coefficient (Wildman–Crippen LogP) is 4.25. The zero-order chi connectivity index (χ0) is 13.9. The van der Waals surface area contributed by atoms with Crippen LogP contribution in [0, 0.1) is 3.57 Å². The van der Waals surface area contributed by atoms with E-state index in [1.54, 1.807) is 0 Å². The third-order valence-corrected chi connectivity index (χ3v) is 7.14. The molecule has 0 unspecified atom stereocenters. The molecule has 98 valence electrons. The van der Waals surface area contributed by atoms with Gasteiger partial charge in [-0.05, 0) is 0 Å². The first kappa shape index (κ1) is 13.8. The SMILES string of the molecule is O=C(c1ccccc1)c1cc(I)c(-c2ccccc2)[se]1. The van der Waals surface area contributed by atoms with Gasteiger partial charge in [-0.25, -0.2) is 0 Å². The van der Waals surface area contributed by atoms with E-state index in [4.69, 9.17) is 0 Å². The summed E-state index contributed by atoms with van der Waals surface area (Å²) in [5, 5.41) is 0. The molecule has 0 aliphatic rings. The van der Waals surface area contributed by atoms with Crippen molar-refractivity contribution in [1.29, 1.82) is 0 Å². The van der Waals surface area contributed by atoms with Crippen LogP contribution in [-0.2, 0) is 0 Å². The van der Waals surface area contributed by atoms with E-state index in [1.165, 1.54) is 13.6 Å². The monoisotopic (exact) mass is 438 g/mol. The molecule has 0 radical (unpaired) electrons. The molecular weight excluding hydrogens is 426 g/mol. The Hall–Kier alpha value is -1.16. The third kappa shape index (κ3) is 2.80. The van der Waals surface area contributed by atoms with Crippen LogP contribution >= 0.6 is 22.6 Å². The van der Waals surface area contributed by atoms with Crippen molar-refractivity contribution < 1.29 is 4.79 Å². The number of rotatable bonds is 3. The molecule has 20 heavy (non-hydrogen) atoms. The van der Waals surface area contributed by atoms with Gasteiger partial charge in [-0.1, -0.05) is 0 Å². The number of ketones is 1. The Morgan fingerprint density at radius 1 is 0.900 bits per heavy atom. The fraction of sp³-hybridized carbons (Fsp3) is 0. The van der Waals surface area contributed by atoms with E-state index in [2.05, 4.69) is 34.7 Å². The number of halogens is 1. The molecule has 0 aliphatic heterocycles. The number of hydrogen-bond donors (Lipinski definition) is 0. The van der Waals surface area contributed by atoms with Gasteiger partial charge in [-0.2, -0.15) is 0 Å². The molecule has 0 saturated heterocycles. The minimum atomic E-state index is 0.0881. The molecule has 0 fully saturated rings. The molecule has 0 bridgehead atoms. The number of hydrogen-bond acceptors (Lipinski definition) is 1. The van der Waals surface area contributed by atoms with Crippen LogP contribution in [0.15, 0.2) is 66.7 Å². The van der Waals surface area contributed by atoms with Crippen molar-refractivity contribution in [2.75, 3.05) is 0 Å². The first-order valence-corrected chi connectivity index (χ1v) is 8.99. The maximum absolute atomic E-state index is 12.5. The van der Waals surface area contributed by atoms with Crippen molar-refractivity contribution in [1.82, 2.24) is 0 Å². The summed E-state index contributed by atoms with van der Waals surface area (Å²) in [5.41, 5.74) is 2.00. The van der Waals surface area contributed by atoms with Crippen LogP contribution in [0.25, 0.3) is 10.0 Å². The summed E-state index contributed by atoms with van der Waals surface area (Å²) >= 11 is 2.42. The Balaban J connectivity index is 2.00. The van der Waals surface area contributed by atoms with Crippen LogP contribution in [0.1, 0.15) is 14.8 Å². The Kier molecular flexibility index (Phi) is 4.20. The van der Waals surface area contributed by atoms with Crippen LogP contribution in [0.2, 0.25) is 0 Å². The van der Waals surface area contributed by atoms with Crippen LogP contribution < -0.4 is 0 Å². The zero-order valence-corrected chi connectivity index (χ0v) is 14.4. The Morgan fingerprint density at radius 2 is 1.50 bits per heavy atom. The quantitative estimate of drug-likeness (QED) is 0.341. The third-order valence-electron chi connectivity index (χ3n) is 2.98. The van der Waals surface area contributed by atoms with Gasteiger partial charge in [0.05, 0.1) is 0 Å². The summed E-state index contributed by atoms with van der Waals surface area (Å²) < 4.78 is 3.43. The maximum atomic E-state index is 12.5. The molecule has 0 saturated carbocycles. The molecule has 1 nitrogen and oxygen atoms in total. The fourth-order valence-corrected chi connectivity index (χ4v) is 5.80. The fourth-order valence-electron chi connectivity index (χ4n) is 2.00. The van der Waals surface area contributed by atoms with E-state index in [-0.39, 0.29) is 20.3 Å². The predicted molar refractivity (Wildman–Crippen MR) is 91.4 cm³/mol. The van der Waals surface area contributed by atoms with Crippen molar-refractivity contribution >= 4 is 42.9 Å². The van der Waals surface area contributed by atoms with Gasteiger partial charge in [0, 0.05) is 0 Å². The van der Waals surface area contributed by atoms with Gasteiger partial charge in [-0.3, -0.25) is 0 Å². The van der Waals surface area contributed by atoms with Gasteiger partial charge < -0.3 is 0 Å². The first-order valence-electron chi connectivity index (χ1n) is 6.20. The Labute approximate surface area is 137 Å². The molecule has 0 aliphatic carbocycles. The number of benzene rings is 2. The molecule has 2 aromatic carbocycles. The Bertz CT molecular complexity index is 732. The van der Waals surface area contributed by atoms with Crippen LogP contribution in [0.4, 0.5) is 0 Å². The molecular formula is C17H11IOSe. The van der Waals surface area contributed by atoms with Gasteiger partial charge in [0.1, 0.15) is 0 Å². The van der Waals surface area contributed by atoms with E-state index in [1.807, 2.05) is 54.6 Å². The van der Waals surface area contributed by atoms with Crippen LogP contribution in [-0.4, -0.2) is 20.3 Å². The molecule has 0 N–H and O–H groups in total. The summed E-state index contributed by atoms with van der Waals surface area (Å²) in [4.78, 5) is 12.5. The average Bonchev–Trinajstić information content (AvgIpc) is 2.90. The van der Waals surface area contributed by atoms with Crippen LogP contribution in [0.5, 0.6) is 0 Å². The van der Waals surface area contributed by atoms with Crippen molar-refractivity contribution in [2.24, 2.45) is 0 Å². The molecule has 0 amide bonds. The van der Waals surface area contributed by atoms with Crippen molar-refractivity contribution in [3.8, 4) is 10.0 Å². The molecule has 3 heteroatoms. The zero-order valence-electron chi connectivity index (χ0n) is 10.5. The van der Waals surface area contributed by atoms with E-state index in [0.717, 1.165) is 10.0 Å². The van der Waals surface area contributed by atoms with Crippen molar-refractivity contribution in [3.63, 3.8) is 0 Å². The summed E-state index contributed by atoms with van der Waals surface area (Å²) in [5.74, 6) is 0.158. The van der Waals surface area contributed by atoms with Crippen molar-refractivity contribution in [3.05, 3.63) is 80.3 Å². The molecule has 0 spiro atoms. The molecule has 1 aromatic heterocycles. The van der Waals surface area contributed by atoms with E-state index >= 15 is 0 Å². The second kappa shape index (κ2) is 6.08. The average molecular weight is 437 g/mol. The Morgan fingerprint density at radius 3 is 2.15 bits per heavy atom. The van der Waals surface area contributed by atoms with Gasteiger partial charge >= 0.3 is 138 Å². The number of carbonyl (C=O) groups excluding carboxylic acids is 1. The number of carbonyl (C=O) groups is 1. The summed E-state index contributed by atoms with van der Waals surface area (Å²) in [6.45, 7) is 0. The topological polar surface area (TPSA) is 17.1 Å².